The number of guanidine groups is 1. The molecule has 4 nitrogen and oxygen atoms in total. The SMILES string of the molecule is CCNC(=NCC1CCN(CCc2ccccc2)C1)N1CCC2(CCC2)C1.I. The topological polar surface area (TPSA) is 30.9 Å². The fraction of sp³-hybridized carbons (Fsp3) is 0.696. The zero-order valence-corrected chi connectivity index (χ0v) is 19.7. The van der Waals surface area contributed by atoms with Gasteiger partial charge < -0.3 is 15.1 Å². The molecule has 1 aliphatic carbocycles. The van der Waals surface area contributed by atoms with Gasteiger partial charge in [0.15, 0.2) is 5.96 Å². The molecule has 1 unspecified atom stereocenters. The van der Waals surface area contributed by atoms with Crippen molar-refractivity contribution in [3.63, 3.8) is 0 Å². The van der Waals surface area contributed by atoms with Crippen LogP contribution in [-0.2, 0) is 6.42 Å². The lowest BCUT2D eigenvalue weighted by atomic mass is 9.68. The summed E-state index contributed by atoms with van der Waals surface area (Å²) in [5.74, 6) is 1.89. The summed E-state index contributed by atoms with van der Waals surface area (Å²) in [4.78, 5) is 10.2. The third-order valence-electron chi connectivity index (χ3n) is 6.92. The molecule has 4 rings (SSSR count). The van der Waals surface area contributed by atoms with E-state index in [0.29, 0.717) is 5.41 Å². The standard InChI is InChI=1S/C23H36N4.HI/c1-2-24-22(27-16-13-23(19-27)11-6-12-23)25-17-21-10-15-26(18-21)14-9-20-7-4-3-5-8-20;/h3-5,7-8,21H,2,6,9-19H2,1H3,(H,24,25);1H. The Morgan fingerprint density at radius 1 is 1.18 bits per heavy atom. The maximum absolute atomic E-state index is 5.06. The molecule has 2 aliphatic heterocycles. The Hall–Kier alpha value is -0.820. The first-order valence-electron chi connectivity index (χ1n) is 11.1. The van der Waals surface area contributed by atoms with Gasteiger partial charge in [-0.1, -0.05) is 36.8 Å². The number of rotatable bonds is 6. The Morgan fingerprint density at radius 2 is 2.00 bits per heavy atom. The van der Waals surface area contributed by atoms with Crippen LogP contribution in [0.5, 0.6) is 0 Å². The van der Waals surface area contributed by atoms with Crippen molar-refractivity contribution in [3.8, 4) is 0 Å². The number of halogens is 1. The third kappa shape index (κ3) is 5.41. The second-order valence-electron chi connectivity index (χ2n) is 8.91. The molecule has 2 heterocycles. The molecule has 28 heavy (non-hydrogen) atoms. The molecular weight excluding hydrogens is 459 g/mol. The molecule has 0 aromatic heterocycles. The summed E-state index contributed by atoms with van der Waals surface area (Å²) in [6.07, 6.45) is 8.12. The molecule has 1 atom stereocenters. The zero-order valence-electron chi connectivity index (χ0n) is 17.4. The summed E-state index contributed by atoms with van der Waals surface area (Å²) in [6.45, 7) is 10.2. The zero-order chi connectivity index (χ0) is 18.5. The molecule has 5 heteroatoms. The van der Waals surface area contributed by atoms with Crippen LogP contribution in [0.2, 0.25) is 0 Å². The van der Waals surface area contributed by atoms with Gasteiger partial charge in [-0.15, -0.1) is 24.0 Å². The van der Waals surface area contributed by atoms with Crippen LogP contribution in [0.1, 0.15) is 44.6 Å². The molecule has 0 amide bonds. The number of nitrogens with one attached hydrogen (secondary N) is 1. The summed E-state index contributed by atoms with van der Waals surface area (Å²) in [5.41, 5.74) is 2.09. The first-order valence-corrected chi connectivity index (χ1v) is 11.1. The summed E-state index contributed by atoms with van der Waals surface area (Å²) in [6, 6.07) is 10.9. The summed E-state index contributed by atoms with van der Waals surface area (Å²) in [5, 5.41) is 3.55. The quantitative estimate of drug-likeness (QED) is 0.367. The Balaban J connectivity index is 0.00000225. The molecule has 3 fully saturated rings. The molecule has 1 N–H and O–H groups in total. The number of benzene rings is 1. The normalized spacial score (nSPS) is 24.2. The van der Waals surface area contributed by atoms with Crippen molar-refractivity contribution in [3.05, 3.63) is 35.9 Å². The van der Waals surface area contributed by atoms with E-state index in [1.54, 1.807) is 0 Å². The number of hydrogen-bond donors (Lipinski definition) is 1. The highest BCUT2D eigenvalue weighted by molar-refractivity contribution is 14.0. The molecule has 2 saturated heterocycles. The minimum absolute atomic E-state index is 0. The maximum atomic E-state index is 5.06. The lowest BCUT2D eigenvalue weighted by Gasteiger charge is -2.38. The first-order chi connectivity index (χ1) is 13.3. The second kappa shape index (κ2) is 10.3. The van der Waals surface area contributed by atoms with Crippen molar-refractivity contribution < 1.29 is 0 Å². The highest BCUT2D eigenvalue weighted by Crippen LogP contribution is 2.47. The average molecular weight is 496 g/mol. The van der Waals surface area contributed by atoms with Gasteiger partial charge >= 0.3 is 0 Å². The van der Waals surface area contributed by atoms with Crippen LogP contribution >= 0.6 is 24.0 Å². The van der Waals surface area contributed by atoms with Gasteiger partial charge in [0, 0.05) is 39.3 Å². The summed E-state index contributed by atoms with van der Waals surface area (Å²) >= 11 is 0. The van der Waals surface area contributed by atoms with E-state index in [1.165, 1.54) is 76.4 Å². The van der Waals surface area contributed by atoms with Gasteiger partial charge in [-0.2, -0.15) is 0 Å². The van der Waals surface area contributed by atoms with Crippen molar-refractivity contribution in [2.45, 2.75) is 45.4 Å². The van der Waals surface area contributed by atoms with Crippen molar-refractivity contribution >= 4 is 29.9 Å². The van der Waals surface area contributed by atoms with Gasteiger partial charge in [0.1, 0.15) is 0 Å². The number of nitrogens with zero attached hydrogens (tertiary/aromatic N) is 3. The number of hydrogen-bond acceptors (Lipinski definition) is 2. The Morgan fingerprint density at radius 3 is 2.68 bits per heavy atom. The van der Waals surface area contributed by atoms with Gasteiger partial charge in [-0.05, 0) is 62.5 Å². The Kier molecular flexibility index (Phi) is 8.03. The molecule has 1 aromatic rings. The molecule has 3 aliphatic rings. The van der Waals surface area contributed by atoms with Crippen LogP contribution in [0.3, 0.4) is 0 Å². The van der Waals surface area contributed by atoms with E-state index in [1.807, 2.05) is 0 Å². The Bertz CT molecular complexity index is 629. The maximum Gasteiger partial charge on any atom is 0.193 e. The van der Waals surface area contributed by atoms with Gasteiger partial charge in [-0.3, -0.25) is 4.99 Å². The van der Waals surface area contributed by atoms with E-state index in [0.717, 1.165) is 25.4 Å². The highest BCUT2D eigenvalue weighted by atomic mass is 127. The van der Waals surface area contributed by atoms with Gasteiger partial charge in [0.2, 0.25) is 0 Å². The smallest absolute Gasteiger partial charge is 0.193 e. The van der Waals surface area contributed by atoms with E-state index in [4.69, 9.17) is 4.99 Å². The van der Waals surface area contributed by atoms with Crippen LogP contribution in [0.25, 0.3) is 0 Å². The van der Waals surface area contributed by atoms with Crippen LogP contribution in [-0.4, -0.2) is 61.6 Å². The van der Waals surface area contributed by atoms with Crippen molar-refractivity contribution in [1.29, 1.82) is 0 Å². The van der Waals surface area contributed by atoms with Crippen molar-refractivity contribution in [1.82, 2.24) is 15.1 Å². The predicted octanol–water partition coefficient (Wildman–Crippen LogP) is 4.01. The molecule has 0 radical (unpaired) electrons. The van der Waals surface area contributed by atoms with Gasteiger partial charge in [0.05, 0.1) is 0 Å². The van der Waals surface area contributed by atoms with E-state index < -0.39 is 0 Å². The largest absolute Gasteiger partial charge is 0.357 e. The predicted molar refractivity (Wildman–Crippen MR) is 129 cm³/mol. The van der Waals surface area contributed by atoms with Crippen molar-refractivity contribution in [2.24, 2.45) is 16.3 Å². The molecule has 1 saturated carbocycles. The molecule has 0 bridgehead atoms. The van der Waals surface area contributed by atoms with E-state index >= 15 is 0 Å². The monoisotopic (exact) mass is 496 g/mol. The van der Waals surface area contributed by atoms with Crippen LogP contribution in [0.15, 0.2) is 35.3 Å². The minimum Gasteiger partial charge on any atom is -0.357 e. The van der Waals surface area contributed by atoms with Crippen LogP contribution < -0.4 is 5.32 Å². The number of likely N-dealkylation sites (tertiary alicyclic amines) is 2. The first kappa shape index (κ1) is 21.9. The highest BCUT2D eigenvalue weighted by Gasteiger charge is 2.43. The molecule has 1 aromatic carbocycles. The summed E-state index contributed by atoms with van der Waals surface area (Å²) < 4.78 is 0. The molecule has 1 spiro atoms. The summed E-state index contributed by atoms with van der Waals surface area (Å²) in [7, 11) is 0. The average Bonchev–Trinajstić information content (AvgIpc) is 3.31. The fourth-order valence-electron chi connectivity index (χ4n) is 5.04. The van der Waals surface area contributed by atoms with E-state index in [9.17, 15) is 0 Å². The van der Waals surface area contributed by atoms with Crippen LogP contribution in [0, 0.1) is 11.3 Å². The molecule has 156 valence electrons. The molecular formula is C23H37IN4. The lowest BCUT2D eigenvalue weighted by molar-refractivity contribution is 0.151. The number of aliphatic imine (C=N–C) groups is 1. The lowest BCUT2D eigenvalue weighted by Crippen LogP contribution is -2.42. The van der Waals surface area contributed by atoms with Gasteiger partial charge in [0.25, 0.3) is 0 Å². The third-order valence-corrected chi connectivity index (χ3v) is 6.92. The van der Waals surface area contributed by atoms with Gasteiger partial charge in [-0.25, -0.2) is 0 Å². The van der Waals surface area contributed by atoms with Crippen molar-refractivity contribution in [2.75, 3.05) is 45.8 Å². The van der Waals surface area contributed by atoms with E-state index in [2.05, 4.69) is 52.4 Å². The minimum atomic E-state index is 0. The Labute approximate surface area is 188 Å². The fourth-order valence-corrected chi connectivity index (χ4v) is 5.04. The second-order valence-corrected chi connectivity index (χ2v) is 8.91. The van der Waals surface area contributed by atoms with E-state index in [-0.39, 0.29) is 24.0 Å². The van der Waals surface area contributed by atoms with Crippen LogP contribution in [0.4, 0.5) is 0 Å².